The molecule has 0 unspecified atom stereocenters. The highest BCUT2D eigenvalue weighted by Crippen LogP contribution is 2.07. The molecule has 106 valence electrons. The Labute approximate surface area is 119 Å². The molecule has 0 aliphatic rings. The Hall–Kier alpha value is -1.94. The predicted octanol–water partition coefficient (Wildman–Crippen LogP) is 2.17. The lowest BCUT2D eigenvalue weighted by atomic mass is 10.1. The van der Waals surface area contributed by atoms with E-state index in [1.807, 2.05) is 12.1 Å². The number of hydrogen-bond acceptors (Lipinski definition) is 3. The van der Waals surface area contributed by atoms with Crippen LogP contribution in [0.1, 0.15) is 36.5 Å². The van der Waals surface area contributed by atoms with Gasteiger partial charge in [-0.15, -0.1) is 0 Å². The van der Waals surface area contributed by atoms with Gasteiger partial charge in [0.1, 0.15) is 5.82 Å². The molecule has 0 aliphatic heterocycles. The average molecular weight is 271 g/mol. The van der Waals surface area contributed by atoms with Gasteiger partial charge in [-0.2, -0.15) is 0 Å². The van der Waals surface area contributed by atoms with E-state index in [-0.39, 0.29) is 5.56 Å². The van der Waals surface area contributed by atoms with E-state index in [9.17, 15) is 4.79 Å². The number of nitrogens with zero attached hydrogens (tertiary/aromatic N) is 1. The molecule has 0 fully saturated rings. The zero-order valence-corrected chi connectivity index (χ0v) is 12.2. The van der Waals surface area contributed by atoms with Crippen molar-refractivity contribution in [2.24, 2.45) is 0 Å². The number of rotatable bonds is 5. The lowest BCUT2D eigenvalue weighted by Gasteiger charge is -2.08. The van der Waals surface area contributed by atoms with E-state index >= 15 is 0 Å². The van der Waals surface area contributed by atoms with Crippen molar-refractivity contribution in [1.29, 1.82) is 0 Å². The Morgan fingerprint density at radius 1 is 1.30 bits per heavy atom. The first kappa shape index (κ1) is 14.5. The summed E-state index contributed by atoms with van der Waals surface area (Å²) in [4.78, 5) is 19.0. The van der Waals surface area contributed by atoms with Gasteiger partial charge >= 0.3 is 0 Å². The Bertz CT molecular complexity index is 632. The van der Waals surface area contributed by atoms with Crippen LogP contribution >= 0.6 is 0 Å². The molecule has 0 bridgehead atoms. The normalized spacial score (nSPS) is 11.0. The summed E-state index contributed by atoms with van der Waals surface area (Å²) >= 11 is 0. The monoisotopic (exact) mass is 271 g/mol. The van der Waals surface area contributed by atoms with Crippen molar-refractivity contribution in [3.8, 4) is 0 Å². The maximum atomic E-state index is 11.7. The number of aromatic nitrogens is 2. The fourth-order valence-electron chi connectivity index (χ4n) is 2.06. The molecule has 0 radical (unpaired) electrons. The largest absolute Gasteiger partial charge is 0.310 e. The van der Waals surface area contributed by atoms with Gasteiger partial charge in [-0.05, 0) is 12.5 Å². The standard InChI is InChI=1S/C16H21N3O/c1-11(2)17-10-14-9-16(20)19-15(18-14)8-13-6-4-5-12(3)7-13/h4-7,9,11,17H,8,10H2,1-3H3,(H,18,19,20). The minimum atomic E-state index is -0.0943. The fourth-order valence-corrected chi connectivity index (χ4v) is 2.06. The highest BCUT2D eigenvalue weighted by molar-refractivity contribution is 5.25. The minimum absolute atomic E-state index is 0.0943. The summed E-state index contributed by atoms with van der Waals surface area (Å²) in [5.74, 6) is 0.712. The Morgan fingerprint density at radius 2 is 2.10 bits per heavy atom. The van der Waals surface area contributed by atoms with Crippen LogP contribution in [-0.4, -0.2) is 16.0 Å². The van der Waals surface area contributed by atoms with Crippen LogP contribution in [-0.2, 0) is 13.0 Å². The number of nitrogens with one attached hydrogen (secondary N) is 2. The van der Waals surface area contributed by atoms with Gasteiger partial charge in [0.25, 0.3) is 5.56 Å². The maximum Gasteiger partial charge on any atom is 0.251 e. The molecular formula is C16H21N3O. The van der Waals surface area contributed by atoms with E-state index in [2.05, 4.69) is 48.2 Å². The summed E-state index contributed by atoms with van der Waals surface area (Å²) in [5, 5.41) is 3.27. The van der Waals surface area contributed by atoms with Gasteiger partial charge in [0.2, 0.25) is 0 Å². The van der Waals surface area contributed by atoms with Gasteiger partial charge in [-0.25, -0.2) is 4.98 Å². The van der Waals surface area contributed by atoms with Gasteiger partial charge in [0, 0.05) is 25.1 Å². The van der Waals surface area contributed by atoms with E-state index in [4.69, 9.17) is 0 Å². The quantitative estimate of drug-likeness (QED) is 0.876. The third-order valence-electron chi connectivity index (χ3n) is 2.99. The molecule has 4 nitrogen and oxygen atoms in total. The highest BCUT2D eigenvalue weighted by Gasteiger charge is 2.04. The average Bonchev–Trinajstić information content (AvgIpc) is 2.35. The Balaban J connectivity index is 2.17. The van der Waals surface area contributed by atoms with Crippen molar-refractivity contribution in [2.45, 2.75) is 39.8 Å². The summed E-state index contributed by atoms with van der Waals surface area (Å²) in [7, 11) is 0. The smallest absolute Gasteiger partial charge is 0.251 e. The molecule has 1 aromatic heterocycles. The minimum Gasteiger partial charge on any atom is -0.310 e. The van der Waals surface area contributed by atoms with Gasteiger partial charge in [-0.3, -0.25) is 4.79 Å². The molecule has 0 spiro atoms. The van der Waals surface area contributed by atoms with E-state index in [1.54, 1.807) is 6.07 Å². The third kappa shape index (κ3) is 4.31. The molecule has 1 aromatic carbocycles. The first-order chi connectivity index (χ1) is 9.52. The first-order valence-electron chi connectivity index (χ1n) is 6.91. The molecule has 0 saturated heterocycles. The molecule has 0 saturated carbocycles. The number of hydrogen-bond donors (Lipinski definition) is 2. The molecule has 0 atom stereocenters. The van der Waals surface area contributed by atoms with Crippen LogP contribution in [0.5, 0.6) is 0 Å². The summed E-state index contributed by atoms with van der Waals surface area (Å²) in [6.45, 7) is 6.81. The second kappa shape index (κ2) is 6.48. The van der Waals surface area contributed by atoms with Gasteiger partial charge in [0.05, 0.1) is 5.69 Å². The molecule has 20 heavy (non-hydrogen) atoms. The van der Waals surface area contributed by atoms with Crippen LogP contribution in [0.15, 0.2) is 35.1 Å². The summed E-state index contributed by atoms with van der Waals surface area (Å²) < 4.78 is 0. The lowest BCUT2D eigenvalue weighted by molar-refractivity contribution is 0.578. The van der Waals surface area contributed by atoms with E-state index in [0.29, 0.717) is 24.8 Å². The second-order valence-electron chi connectivity index (χ2n) is 5.38. The molecule has 4 heteroatoms. The second-order valence-corrected chi connectivity index (χ2v) is 5.38. The zero-order valence-electron chi connectivity index (χ0n) is 12.2. The van der Waals surface area contributed by atoms with Gasteiger partial charge < -0.3 is 10.3 Å². The van der Waals surface area contributed by atoms with Crippen molar-refractivity contribution in [2.75, 3.05) is 0 Å². The van der Waals surface area contributed by atoms with Gasteiger partial charge in [0.15, 0.2) is 0 Å². The van der Waals surface area contributed by atoms with Crippen molar-refractivity contribution in [1.82, 2.24) is 15.3 Å². The zero-order chi connectivity index (χ0) is 14.5. The Morgan fingerprint density at radius 3 is 2.80 bits per heavy atom. The SMILES string of the molecule is Cc1cccc(Cc2nc(CNC(C)C)cc(=O)[nH]2)c1. The van der Waals surface area contributed by atoms with Crippen LogP contribution in [0.25, 0.3) is 0 Å². The summed E-state index contributed by atoms with van der Waals surface area (Å²) in [6.07, 6.45) is 0.645. The van der Waals surface area contributed by atoms with E-state index in [1.165, 1.54) is 5.56 Å². The van der Waals surface area contributed by atoms with Crippen LogP contribution < -0.4 is 10.9 Å². The van der Waals surface area contributed by atoms with Crippen LogP contribution in [0.3, 0.4) is 0 Å². The predicted molar refractivity (Wildman–Crippen MR) is 80.8 cm³/mol. The van der Waals surface area contributed by atoms with Crippen molar-refractivity contribution in [3.05, 3.63) is 63.3 Å². The van der Waals surface area contributed by atoms with Crippen LogP contribution in [0.4, 0.5) is 0 Å². The highest BCUT2D eigenvalue weighted by atomic mass is 16.1. The van der Waals surface area contributed by atoms with Crippen molar-refractivity contribution >= 4 is 0 Å². The summed E-state index contributed by atoms with van der Waals surface area (Å²) in [6, 6.07) is 10.2. The van der Waals surface area contributed by atoms with E-state index in [0.717, 1.165) is 11.3 Å². The molecular weight excluding hydrogens is 250 g/mol. The van der Waals surface area contributed by atoms with Crippen molar-refractivity contribution in [3.63, 3.8) is 0 Å². The molecule has 1 heterocycles. The first-order valence-corrected chi connectivity index (χ1v) is 6.91. The third-order valence-corrected chi connectivity index (χ3v) is 2.99. The van der Waals surface area contributed by atoms with Crippen LogP contribution in [0.2, 0.25) is 0 Å². The van der Waals surface area contributed by atoms with Gasteiger partial charge in [-0.1, -0.05) is 43.7 Å². The molecule has 2 rings (SSSR count). The number of aryl methyl sites for hydroxylation is 1. The number of aromatic amines is 1. The molecule has 2 N–H and O–H groups in total. The lowest BCUT2D eigenvalue weighted by Crippen LogP contribution is -2.24. The maximum absolute atomic E-state index is 11.7. The molecule has 0 aliphatic carbocycles. The topological polar surface area (TPSA) is 57.8 Å². The Kier molecular flexibility index (Phi) is 4.69. The molecule has 2 aromatic rings. The summed E-state index contributed by atoms with van der Waals surface area (Å²) in [5.41, 5.74) is 3.05. The number of H-pyrrole nitrogens is 1. The number of benzene rings is 1. The fraction of sp³-hybridized carbons (Fsp3) is 0.375. The van der Waals surface area contributed by atoms with E-state index < -0.39 is 0 Å². The van der Waals surface area contributed by atoms with Crippen LogP contribution in [0, 0.1) is 6.92 Å². The van der Waals surface area contributed by atoms with Crippen molar-refractivity contribution < 1.29 is 0 Å². The molecule has 0 amide bonds.